The topological polar surface area (TPSA) is 79.0 Å². The summed E-state index contributed by atoms with van der Waals surface area (Å²) in [6, 6.07) is 6.88. The summed E-state index contributed by atoms with van der Waals surface area (Å²) < 4.78 is 27.8. The van der Waals surface area contributed by atoms with Crippen LogP contribution in [-0.4, -0.2) is 40.3 Å². The Balaban J connectivity index is 2.12. The smallest absolute Gasteiger partial charge is 0.243 e. The molecule has 0 amide bonds. The van der Waals surface area contributed by atoms with Crippen molar-refractivity contribution in [2.75, 3.05) is 7.05 Å². The Morgan fingerprint density at radius 3 is 2.64 bits per heavy atom. The number of H-pyrrole nitrogens is 1. The number of hydrogen-bond acceptors (Lipinski definition) is 4. The average Bonchev–Trinajstić information content (AvgIpc) is 2.96. The maximum atomic E-state index is 12.9. The summed E-state index contributed by atoms with van der Waals surface area (Å²) in [7, 11) is -2.00. The van der Waals surface area contributed by atoms with Gasteiger partial charge in [-0.1, -0.05) is 12.1 Å². The van der Waals surface area contributed by atoms with Gasteiger partial charge in [-0.2, -0.15) is 4.31 Å². The molecule has 0 saturated carbocycles. The van der Waals surface area contributed by atoms with Gasteiger partial charge in [0.2, 0.25) is 10.0 Å². The SMILES string of the molecule is CN(C(C)(C)C)S(=O)(=O)c1cccc(-c2c[nH]c3ncc(Br)nc23)c1. The summed E-state index contributed by atoms with van der Waals surface area (Å²) in [6.07, 6.45) is 3.40. The highest BCUT2D eigenvalue weighted by Gasteiger charge is 2.30. The van der Waals surface area contributed by atoms with Crippen LogP contribution in [0, 0.1) is 0 Å². The number of aromatic nitrogens is 3. The first-order valence-corrected chi connectivity index (χ1v) is 9.93. The fourth-order valence-electron chi connectivity index (χ4n) is 2.43. The Morgan fingerprint density at radius 2 is 1.96 bits per heavy atom. The molecule has 3 aromatic rings. The first-order chi connectivity index (χ1) is 11.6. The van der Waals surface area contributed by atoms with Crippen LogP contribution < -0.4 is 0 Å². The zero-order chi connectivity index (χ0) is 18.4. The van der Waals surface area contributed by atoms with E-state index in [4.69, 9.17) is 0 Å². The second kappa shape index (κ2) is 6.19. The summed E-state index contributed by atoms with van der Waals surface area (Å²) >= 11 is 3.32. The molecule has 2 aromatic heterocycles. The third kappa shape index (κ3) is 3.33. The highest BCUT2D eigenvalue weighted by molar-refractivity contribution is 9.10. The zero-order valence-electron chi connectivity index (χ0n) is 14.4. The van der Waals surface area contributed by atoms with Gasteiger partial charge in [0.25, 0.3) is 0 Å². The molecule has 0 aliphatic heterocycles. The largest absolute Gasteiger partial charge is 0.344 e. The van der Waals surface area contributed by atoms with Crippen LogP contribution in [0.3, 0.4) is 0 Å². The maximum absolute atomic E-state index is 12.9. The van der Waals surface area contributed by atoms with Crippen molar-refractivity contribution in [3.05, 3.63) is 41.3 Å². The van der Waals surface area contributed by atoms with E-state index in [0.29, 0.717) is 15.8 Å². The molecule has 0 spiro atoms. The average molecular weight is 423 g/mol. The number of nitrogens with zero attached hydrogens (tertiary/aromatic N) is 3. The van der Waals surface area contributed by atoms with E-state index in [1.54, 1.807) is 37.6 Å². The molecule has 0 aliphatic rings. The number of rotatable bonds is 3. The number of nitrogens with one attached hydrogen (secondary N) is 1. The van der Waals surface area contributed by atoms with Crippen molar-refractivity contribution in [2.45, 2.75) is 31.2 Å². The Kier molecular flexibility index (Phi) is 4.47. The molecule has 1 aromatic carbocycles. The van der Waals surface area contributed by atoms with Crippen molar-refractivity contribution in [3.63, 3.8) is 0 Å². The van der Waals surface area contributed by atoms with Crippen molar-refractivity contribution >= 4 is 37.1 Å². The second-order valence-corrected chi connectivity index (χ2v) is 9.55. The number of fused-ring (bicyclic) bond motifs is 1. The van der Waals surface area contributed by atoms with E-state index in [1.807, 2.05) is 26.8 Å². The van der Waals surface area contributed by atoms with Gasteiger partial charge in [0, 0.05) is 24.3 Å². The minimum Gasteiger partial charge on any atom is -0.344 e. The summed E-state index contributed by atoms with van der Waals surface area (Å²) in [5, 5.41) is 0. The molecule has 0 fully saturated rings. The lowest BCUT2D eigenvalue weighted by Crippen LogP contribution is -2.42. The molecular formula is C17H19BrN4O2S. The Labute approximate surface area is 155 Å². The van der Waals surface area contributed by atoms with Crippen molar-refractivity contribution in [3.8, 4) is 11.1 Å². The van der Waals surface area contributed by atoms with E-state index in [2.05, 4.69) is 30.9 Å². The molecule has 0 bridgehead atoms. The number of hydrogen-bond donors (Lipinski definition) is 1. The zero-order valence-corrected chi connectivity index (χ0v) is 16.8. The number of halogens is 1. The van der Waals surface area contributed by atoms with Gasteiger partial charge < -0.3 is 4.98 Å². The van der Waals surface area contributed by atoms with Crippen LogP contribution in [0.5, 0.6) is 0 Å². The van der Waals surface area contributed by atoms with Crippen LogP contribution in [-0.2, 0) is 10.0 Å². The van der Waals surface area contributed by atoms with Crippen molar-refractivity contribution < 1.29 is 8.42 Å². The lowest BCUT2D eigenvalue weighted by atomic mass is 10.1. The standard InChI is InChI=1S/C17H19BrN4O2S/c1-17(2,3)22(4)25(23,24)12-7-5-6-11(8-12)13-9-19-16-15(13)21-14(18)10-20-16/h5-10H,1-4H3,(H,19,20). The molecule has 0 saturated heterocycles. The molecule has 3 rings (SSSR count). The van der Waals surface area contributed by atoms with E-state index >= 15 is 0 Å². The highest BCUT2D eigenvalue weighted by Crippen LogP contribution is 2.30. The minimum absolute atomic E-state index is 0.250. The van der Waals surface area contributed by atoms with Gasteiger partial charge in [0.1, 0.15) is 10.1 Å². The summed E-state index contributed by atoms with van der Waals surface area (Å²) in [6.45, 7) is 5.59. The van der Waals surface area contributed by atoms with E-state index in [9.17, 15) is 8.42 Å². The third-order valence-corrected chi connectivity index (χ3v) is 6.60. The van der Waals surface area contributed by atoms with Crippen LogP contribution in [0.25, 0.3) is 22.3 Å². The van der Waals surface area contributed by atoms with Crippen molar-refractivity contribution in [2.24, 2.45) is 0 Å². The molecule has 0 radical (unpaired) electrons. The molecule has 1 N–H and O–H groups in total. The lowest BCUT2D eigenvalue weighted by Gasteiger charge is -2.30. The first-order valence-electron chi connectivity index (χ1n) is 7.70. The molecule has 132 valence electrons. The van der Waals surface area contributed by atoms with Gasteiger partial charge in [-0.3, -0.25) is 0 Å². The van der Waals surface area contributed by atoms with Crippen LogP contribution >= 0.6 is 15.9 Å². The van der Waals surface area contributed by atoms with Gasteiger partial charge in [0.05, 0.1) is 11.1 Å². The predicted octanol–water partition coefficient (Wildman–Crippen LogP) is 3.81. The van der Waals surface area contributed by atoms with Crippen molar-refractivity contribution in [1.29, 1.82) is 0 Å². The molecule has 8 heteroatoms. The molecule has 2 heterocycles. The number of sulfonamides is 1. The number of benzene rings is 1. The maximum Gasteiger partial charge on any atom is 0.243 e. The van der Waals surface area contributed by atoms with Crippen LogP contribution in [0.15, 0.2) is 46.2 Å². The normalized spacial score (nSPS) is 12.9. The van der Waals surface area contributed by atoms with Gasteiger partial charge in [0.15, 0.2) is 5.65 Å². The molecule has 0 atom stereocenters. The Bertz CT molecular complexity index is 1040. The van der Waals surface area contributed by atoms with Crippen LogP contribution in [0.4, 0.5) is 0 Å². The van der Waals surface area contributed by atoms with E-state index < -0.39 is 15.6 Å². The summed E-state index contributed by atoms with van der Waals surface area (Å²) in [5.41, 5.74) is 2.40. The monoisotopic (exact) mass is 422 g/mol. The fraction of sp³-hybridized carbons (Fsp3) is 0.294. The minimum atomic E-state index is -3.59. The van der Waals surface area contributed by atoms with Crippen LogP contribution in [0.2, 0.25) is 0 Å². The fourth-order valence-corrected chi connectivity index (χ4v) is 4.28. The van der Waals surface area contributed by atoms with Gasteiger partial charge in [-0.15, -0.1) is 0 Å². The van der Waals surface area contributed by atoms with Gasteiger partial charge in [-0.05, 0) is 54.4 Å². The lowest BCUT2D eigenvalue weighted by molar-refractivity contribution is 0.292. The second-order valence-electron chi connectivity index (χ2n) is 6.76. The van der Waals surface area contributed by atoms with E-state index in [0.717, 1.165) is 11.1 Å². The Hall–Kier alpha value is -1.77. The van der Waals surface area contributed by atoms with Crippen LogP contribution in [0.1, 0.15) is 20.8 Å². The Morgan fingerprint density at radius 1 is 1.24 bits per heavy atom. The highest BCUT2D eigenvalue weighted by atomic mass is 79.9. The van der Waals surface area contributed by atoms with Crippen molar-refractivity contribution in [1.82, 2.24) is 19.3 Å². The molecule has 0 unspecified atom stereocenters. The quantitative estimate of drug-likeness (QED) is 0.695. The van der Waals surface area contributed by atoms with Gasteiger partial charge in [-0.25, -0.2) is 18.4 Å². The van der Waals surface area contributed by atoms with E-state index in [-0.39, 0.29) is 4.90 Å². The number of aromatic amines is 1. The third-order valence-electron chi connectivity index (χ3n) is 4.10. The van der Waals surface area contributed by atoms with E-state index in [1.165, 1.54) is 4.31 Å². The summed E-state index contributed by atoms with van der Waals surface area (Å²) in [5.74, 6) is 0. The molecule has 6 nitrogen and oxygen atoms in total. The summed E-state index contributed by atoms with van der Waals surface area (Å²) in [4.78, 5) is 12.0. The predicted molar refractivity (Wildman–Crippen MR) is 102 cm³/mol. The molecular weight excluding hydrogens is 404 g/mol. The molecule has 0 aliphatic carbocycles. The first kappa shape index (κ1) is 18.0. The van der Waals surface area contributed by atoms with Gasteiger partial charge >= 0.3 is 0 Å². The molecule has 25 heavy (non-hydrogen) atoms.